The van der Waals surface area contributed by atoms with Crippen molar-refractivity contribution < 1.29 is 23.1 Å². The monoisotopic (exact) mass is 319 g/mol. The van der Waals surface area contributed by atoms with Crippen LogP contribution in [0.25, 0.3) is 0 Å². The highest BCUT2D eigenvalue weighted by Crippen LogP contribution is 2.22. The van der Waals surface area contributed by atoms with E-state index in [1.54, 1.807) is 19.1 Å². The number of ether oxygens (including phenoxy) is 1. The molecular weight excluding hydrogens is 306 g/mol. The van der Waals surface area contributed by atoms with E-state index < -0.39 is 28.0 Å². The van der Waals surface area contributed by atoms with E-state index in [4.69, 9.17) is 21.4 Å². The van der Waals surface area contributed by atoms with Crippen molar-refractivity contribution in [1.82, 2.24) is 4.72 Å². The summed E-state index contributed by atoms with van der Waals surface area (Å²) >= 11 is 5.81. The lowest BCUT2D eigenvalue weighted by Gasteiger charge is -2.17. The van der Waals surface area contributed by atoms with Crippen molar-refractivity contribution in [3.63, 3.8) is 0 Å². The molecule has 20 heavy (non-hydrogen) atoms. The lowest BCUT2D eigenvalue weighted by atomic mass is 10.1. The number of carboxylic acids is 1. The second-order valence-corrected chi connectivity index (χ2v) is 6.74. The molecule has 6 nitrogen and oxygen atoms in total. The molecule has 2 N–H and O–H groups in total. The Balaban J connectivity index is 2.27. The van der Waals surface area contributed by atoms with Gasteiger partial charge in [0, 0.05) is 5.02 Å². The zero-order valence-electron chi connectivity index (χ0n) is 10.7. The molecule has 1 aliphatic rings. The van der Waals surface area contributed by atoms with E-state index in [2.05, 4.69) is 4.72 Å². The van der Waals surface area contributed by atoms with E-state index in [1.807, 2.05) is 0 Å². The Bertz CT molecular complexity index is 631. The first-order valence-corrected chi connectivity index (χ1v) is 7.76. The number of sulfonamides is 1. The smallest absolute Gasteiger partial charge is 0.310 e. The van der Waals surface area contributed by atoms with Gasteiger partial charge in [-0.2, -0.15) is 0 Å². The molecule has 0 saturated carbocycles. The minimum atomic E-state index is -3.84. The number of rotatable bonds is 4. The quantitative estimate of drug-likeness (QED) is 0.864. The lowest BCUT2D eigenvalue weighted by molar-refractivity contribution is -0.142. The van der Waals surface area contributed by atoms with Crippen LogP contribution in [0.3, 0.4) is 0 Å². The highest BCUT2D eigenvalue weighted by atomic mass is 35.5. The zero-order valence-corrected chi connectivity index (χ0v) is 12.2. The maximum absolute atomic E-state index is 12.3. The molecule has 0 amide bonds. The zero-order chi connectivity index (χ0) is 14.9. The van der Waals surface area contributed by atoms with Crippen LogP contribution in [0.1, 0.15) is 5.56 Å². The number of aryl methyl sites for hydroxylation is 1. The Morgan fingerprint density at radius 3 is 2.80 bits per heavy atom. The average Bonchev–Trinajstić information content (AvgIpc) is 2.79. The Morgan fingerprint density at radius 1 is 1.45 bits per heavy atom. The van der Waals surface area contributed by atoms with E-state index in [9.17, 15) is 13.2 Å². The third-order valence-corrected chi connectivity index (χ3v) is 5.01. The summed E-state index contributed by atoms with van der Waals surface area (Å²) in [6.45, 7) is 1.68. The molecule has 0 bridgehead atoms. The highest BCUT2D eigenvalue weighted by Gasteiger charge is 2.37. The lowest BCUT2D eigenvalue weighted by Crippen LogP contribution is -2.42. The van der Waals surface area contributed by atoms with Crippen LogP contribution in [0.2, 0.25) is 5.02 Å². The molecule has 2 rings (SSSR count). The second kappa shape index (κ2) is 5.69. The number of benzene rings is 1. The Labute approximate surface area is 121 Å². The minimum absolute atomic E-state index is 0.00293. The molecule has 110 valence electrons. The van der Waals surface area contributed by atoms with Crippen LogP contribution in [0.4, 0.5) is 0 Å². The van der Waals surface area contributed by atoms with Gasteiger partial charge < -0.3 is 9.84 Å². The first kappa shape index (κ1) is 15.2. The van der Waals surface area contributed by atoms with Gasteiger partial charge in [0.25, 0.3) is 0 Å². The predicted octanol–water partition coefficient (Wildman–Crippen LogP) is 1.03. The first-order valence-electron chi connectivity index (χ1n) is 5.90. The molecule has 2 unspecified atom stereocenters. The molecule has 1 aliphatic heterocycles. The van der Waals surface area contributed by atoms with Crippen molar-refractivity contribution in [3.05, 3.63) is 28.8 Å². The van der Waals surface area contributed by atoms with E-state index in [0.29, 0.717) is 10.6 Å². The molecule has 0 spiro atoms. The van der Waals surface area contributed by atoms with Crippen LogP contribution >= 0.6 is 11.6 Å². The van der Waals surface area contributed by atoms with Gasteiger partial charge in [0.1, 0.15) is 0 Å². The van der Waals surface area contributed by atoms with Gasteiger partial charge in [0.05, 0.1) is 30.1 Å². The van der Waals surface area contributed by atoms with E-state index >= 15 is 0 Å². The summed E-state index contributed by atoms with van der Waals surface area (Å²) in [5.41, 5.74) is 0.535. The van der Waals surface area contributed by atoms with Crippen molar-refractivity contribution in [2.45, 2.75) is 17.9 Å². The van der Waals surface area contributed by atoms with Gasteiger partial charge in [-0.05, 0) is 24.6 Å². The molecule has 1 saturated heterocycles. The average molecular weight is 320 g/mol. The number of carbonyl (C=O) groups is 1. The van der Waals surface area contributed by atoms with Gasteiger partial charge in [0.2, 0.25) is 10.0 Å². The maximum atomic E-state index is 12.3. The molecule has 0 radical (unpaired) electrons. The summed E-state index contributed by atoms with van der Waals surface area (Å²) in [5.74, 6) is -1.97. The van der Waals surface area contributed by atoms with Gasteiger partial charge in [-0.1, -0.05) is 17.7 Å². The number of aliphatic carboxylic acids is 1. The number of halogens is 1. The number of nitrogens with one attached hydrogen (secondary N) is 1. The Hall–Kier alpha value is -1.15. The van der Waals surface area contributed by atoms with Gasteiger partial charge in [0.15, 0.2) is 0 Å². The Kier molecular flexibility index (Phi) is 4.33. The summed E-state index contributed by atoms with van der Waals surface area (Å²) in [6, 6.07) is 3.74. The normalized spacial score (nSPS) is 22.9. The van der Waals surface area contributed by atoms with E-state index in [-0.39, 0.29) is 18.1 Å². The largest absolute Gasteiger partial charge is 0.481 e. The van der Waals surface area contributed by atoms with Crippen molar-refractivity contribution in [1.29, 1.82) is 0 Å². The summed E-state index contributed by atoms with van der Waals surface area (Å²) in [6.07, 6.45) is 0. The van der Waals surface area contributed by atoms with Crippen LogP contribution < -0.4 is 4.72 Å². The molecule has 2 atom stereocenters. The van der Waals surface area contributed by atoms with Crippen molar-refractivity contribution in [3.8, 4) is 0 Å². The molecule has 1 aromatic rings. The fourth-order valence-corrected chi connectivity index (χ4v) is 3.81. The van der Waals surface area contributed by atoms with Gasteiger partial charge >= 0.3 is 5.97 Å². The third kappa shape index (κ3) is 3.12. The van der Waals surface area contributed by atoms with Crippen LogP contribution in [0.15, 0.2) is 23.1 Å². The third-order valence-electron chi connectivity index (χ3n) is 3.14. The molecule has 1 aromatic carbocycles. The Morgan fingerprint density at radius 2 is 2.15 bits per heavy atom. The summed E-state index contributed by atoms with van der Waals surface area (Å²) in [7, 11) is -3.84. The predicted molar refractivity (Wildman–Crippen MR) is 72.2 cm³/mol. The van der Waals surface area contributed by atoms with Crippen molar-refractivity contribution in [2.24, 2.45) is 5.92 Å². The molecular formula is C12H14ClNO5S. The second-order valence-electron chi connectivity index (χ2n) is 4.62. The topological polar surface area (TPSA) is 92.7 Å². The van der Waals surface area contributed by atoms with Crippen molar-refractivity contribution >= 4 is 27.6 Å². The molecule has 8 heteroatoms. The number of hydrogen-bond donors (Lipinski definition) is 2. The molecule has 0 aromatic heterocycles. The first-order chi connectivity index (χ1) is 9.31. The summed E-state index contributed by atoms with van der Waals surface area (Å²) in [4.78, 5) is 11.1. The standard InChI is InChI=1S/C12H14ClNO5S/c1-7-2-3-8(13)4-11(7)20(17,18)14-10-6-19-5-9(10)12(15)16/h2-4,9-10,14H,5-6H2,1H3,(H,15,16). The maximum Gasteiger partial charge on any atom is 0.310 e. The highest BCUT2D eigenvalue weighted by molar-refractivity contribution is 7.89. The molecule has 1 fully saturated rings. The number of hydrogen-bond acceptors (Lipinski definition) is 4. The number of carboxylic acid groups (broad SMARTS) is 1. The van der Waals surface area contributed by atoms with Gasteiger partial charge in [-0.25, -0.2) is 13.1 Å². The fourth-order valence-electron chi connectivity index (χ4n) is 2.04. The van der Waals surface area contributed by atoms with Crippen LogP contribution in [0.5, 0.6) is 0 Å². The van der Waals surface area contributed by atoms with Crippen LogP contribution in [-0.4, -0.2) is 38.7 Å². The van der Waals surface area contributed by atoms with Crippen molar-refractivity contribution in [2.75, 3.05) is 13.2 Å². The fraction of sp³-hybridized carbons (Fsp3) is 0.417. The van der Waals surface area contributed by atoms with E-state index in [1.165, 1.54) is 6.07 Å². The van der Waals surface area contributed by atoms with Gasteiger partial charge in [-0.3, -0.25) is 4.79 Å². The molecule has 0 aliphatic carbocycles. The molecule has 1 heterocycles. The van der Waals surface area contributed by atoms with Crippen LogP contribution in [-0.2, 0) is 19.6 Å². The summed E-state index contributed by atoms with van der Waals surface area (Å²) < 4.78 is 32.0. The minimum Gasteiger partial charge on any atom is -0.481 e. The summed E-state index contributed by atoms with van der Waals surface area (Å²) in [5, 5.41) is 9.31. The van der Waals surface area contributed by atoms with Crippen LogP contribution in [0, 0.1) is 12.8 Å². The SMILES string of the molecule is Cc1ccc(Cl)cc1S(=O)(=O)NC1COCC1C(=O)O. The van der Waals surface area contributed by atoms with Gasteiger partial charge in [-0.15, -0.1) is 0 Å². The van der Waals surface area contributed by atoms with E-state index in [0.717, 1.165) is 0 Å².